The fraction of sp³-hybridized carbons (Fsp3) is 0.0769. The van der Waals surface area contributed by atoms with E-state index in [0.717, 1.165) is 3.57 Å². The van der Waals surface area contributed by atoms with E-state index in [4.69, 9.17) is 15.2 Å². The van der Waals surface area contributed by atoms with Gasteiger partial charge < -0.3 is 15.2 Å². The van der Waals surface area contributed by atoms with Crippen LogP contribution in [0, 0.1) is 9.39 Å². The summed E-state index contributed by atoms with van der Waals surface area (Å²) in [6, 6.07) is 9.91. The summed E-state index contributed by atoms with van der Waals surface area (Å²) in [4.78, 5) is 0. The Hall–Kier alpha value is -1.50. The molecule has 0 atom stereocenters. The summed E-state index contributed by atoms with van der Waals surface area (Å²) in [5.41, 5.74) is 5.83. The van der Waals surface area contributed by atoms with Gasteiger partial charge in [0.2, 0.25) is 0 Å². The monoisotopic (exact) mass is 359 g/mol. The van der Waals surface area contributed by atoms with Crippen molar-refractivity contribution in [1.29, 1.82) is 0 Å². The molecule has 0 aliphatic rings. The molecule has 94 valence electrons. The van der Waals surface area contributed by atoms with Crippen molar-refractivity contribution in [3.05, 3.63) is 45.8 Å². The first-order chi connectivity index (χ1) is 8.60. The summed E-state index contributed by atoms with van der Waals surface area (Å²) < 4.78 is 25.2. The minimum atomic E-state index is -0.521. The van der Waals surface area contributed by atoms with Crippen molar-refractivity contribution in [3.63, 3.8) is 0 Å². The molecule has 3 nitrogen and oxygen atoms in total. The number of anilines is 1. The third kappa shape index (κ3) is 2.84. The smallest absolute Gasteiger partial charge is 0.168 e. The van der Waals surface area contributed by atoms with Gasteiger partial charge in [-0.2, -0.15) is 0 Å². The lowest BCUT2D eigenvalue weighted by molar-refractivity contribution is 0.403. The summed E-state index contributed by atoms with van der Waals surface area (Å²) >= 11 is 2.18. The maximum absolute atomic E-state index is 13.7. The van der Waals surface area contributed by atoms with Crippen molar-refractivity contribution < 1.29 is 13.9 Å². The van der Waals surface area contributed by atoms with E-state index in [-0.39, 0.29) is 11.4 Å². The number of benzene rings is 2. The van der Waals surface area contributed by atoms with E-state index in [2.05, 4.69) is 22.6 Å². The SMILES string of the molecule is COc1cc(Oc2ccc(I)cc2)c(F)cc1N. The summed E-state index contributed by atoms with van der Waals surface area (Å²) in [5, 5.41) is 0. The van der Waals surface area contributed by atoms with E-state index in [1.807, 2.05) is 12.1 Å². The van der Waals surface area contributed by atoms with Crippen molar-refractivity contribution in [3.8, 4) is 17.2 Å². The minimum absolute atomic E-state index is 0.0854. The van der Waals surface area contributed by atoms with Crippen molar-refractivity contribution in [2.75, 3.05) is 12.8 Å². The van der Waals surface area contributed by atoms with Crippen LogP contribution in [-0.4, -0.2) is 7.11 Å². The van der Waals surface area contributed by atoms with Gasteiger partial charge in [-0.1, -0.05) is 0 Å². The van der Waals surface area contributed by atoms with E-state index in [1.165, 1.54) is 19.2 Å². The number of hydrogen-bond donors (Lipinski definition) is 1. The molecule has 0 saturated heterocycles. The van der Waals surface area contributed by atoms with Gasteiger partial charge in [0.25, 0.3) is 0 Å². The number of ether oxygens (including phenoxy) is 2. The Kier molecular flexibility index (Phi) is 3.90. The highest BCUT2D eigenvalue weighted by Crippen LogP contribution is 2.32. The van der Waals surface area contributed by atoms with Crippen LogP contribution in [-0.2, 0) is 0 Å². The summed E-state index contributed by atoms with van der Waals surface area (Å²) in [7, 11) is 1.47. The zero-order valence-electron chi connectivity index (χ0n) is 9.61. The van der Waals surface area contributed by atoms with Crippen LogP contribution in [0.2, 0.25) is 0 Å². The fourth-order valence-corrected chi connectivity index (χ4v) is 1.79. The Balaban J connectivity index is 2.31. The van der Waals surface area contributed by atoms with E-state index < -0.39 is 5.82 Å². The molecule has 0 aromatic heterocycles. The molecule has 5 heteroatoms. The third-order valence-corrected chi connectivity index (χ3v) is 3.04. The molecule has 0 spiro atoms. The van der Waals surface area contributed by atoms with Gasteiger partial charge in [0.15, 0.2) is 11.6 Å². The Morgan fingerprint density at radius 1 is 1.11 bits per heavy atom. The van der Waals surface area contributed by atoms with E-state index >= 15 is 0 Å². The molecule has 2 rings (SSSR count). The second kappa shape index (κ2) is 5.43. The average Bonchev–Trinajstić information content (AvgIpc) is 2.35. The number of hydrogen-bond acceptors (Lipinski definition) is 3. The quantitative estimate of drug-likeness (QED) is 0.670. The van der Waals surface area contributed by atoms with Crippen LogP contribution in [0.4, 0.5) is 10.1 Å². The lowest BCUT2D eigenvalue weighted by atomic mass is 10.2. The maximum atomic E-state index is 13.7. The second-order valence-corrected chi connectivity index (χ2v) is 4.83. The molecule has 0 aliphatic carbocycles. The van der Waals surface area contributed by atoms with Crippen LogP contribution in [0.25, 0.3) is 0 Å². The minimum Gasteiger partial charge on any atom is -0.494 e. The number of nitrogen functional groups attached to an aromatic ring is 1. The van der Waals surface area contributed by atoms with Crippen molar-refractivity contribution in [2.45, 2.75) is 0 Å². The first kappa shape index (κ1) is 12.9. The molecule has 0 radical (unpaired) electrons. The number of methoxy groups -OCH3 is 1. The zero-order valence-corrected chi connectivity index (χ0v) is 11.8. The Labute approximate surface area is 118 Å². The summed E-state index contributed by atoms with van der Waals surface area (Å²) in [6.45, 7) is 0. The maximum Gasteiger partial charge on any atom is 0.168 e. The molecule has 2 aromatic carbocycles. The van der Waals surface area contributed by atoms with Gasteiger partial charge >= 0.3 is 0 Å². The van der Waals surface area contributed by atoms with Gasteiger partial charge in [-0.15, -0.1) is 0 Å². The summed E-state index contributed by atoms with van der Waals surface area (Å²) in [6.07, 6.45) is 0. The summed E-state index contributed by atoms with van der Waals surface area (Å²) in [5.74, 6) is 0.507. The van der Waals surface area contributed by atoms with E-state index in [9.17, 15) is 4.39 Å². The Morgan fingerprint density at radius 2 is 1.78 bits per heavy atom. The van der Waals surface area contributed by atoms with Crippen LogP contribution < -0.4 is 15.2 Å². The first-order valence-corrected chi connectivity index (χ1v) is 6.24. The molecule has 0 aliphatic heterocycles. The molecule has 0 saturated carbocycles. The molecule has 0 amide bonds. The third-order valence-electron chi connectivity index (χ3n) is 2.33. The average molecular weight is 359 g/mol. The largest absolute Gasteiger partial charge is 0.494 e. The lowest BCUT2D eigenvalue weighted by Crippen LogP contribution is -1.96. The highest BCUT2D eigenvalue weighted by molar-refractivity contribution is 14.1. The topological polar surface area (TPSA) is 44.5 Å². The number of rotatable bonds is 3. The molecule has 2 aromatic rings. The van der Waals surface area contributed by atoms with Gasteiger partial charge in [0.05, 0.1) is 12.8 Å². The lowest BCUT2D eigenvalue weighted by Gasteiger charge is -2.10. The van der Waals surface area contributed by atoms with E-state index in [1.54, 1.807) is 12.1 Å². The van der Waals surface area contributed by atoms with Crippen LogP contribution in [0.5, 0.6) is 17.2 Å². The van der Waals surface area contributed by atoms with Crippen molar-refractivity contribution in [2.24, 2.45) is 0 Å². The van der Waals surface area contributed by atoms with E-state index in [0.29, 0.717) is 11.5 Å². The molecule has 0 heterocycles. The normalized spacial score (nSPS) is 10.2. The predicted octanol–water partition coefficient (Wildman–Crippen LogP) is 3.81. The van der Waals surface area contributed by atoms with Crippen LogP contribution in [0.3, 0.4) is 0 Å². The van der Waals surface area contributed by atoms with Gasteiger partial charge in [-0.05, 0) is 46.9 Å². The molecule has 0 fully saturated rings. The van der Waals surface area contributed by atoms with Crippen LogP contribution >= 0.6 is 22.6 Å². The van der Waals surface area contributed by atoms with Crippen LogP contribution in [0.15, 0.2) is 36.4 Å². The highest BCUT2D eigenvalue weighted by atomic mass is 127. The van der Waals surface area contributed by atoms with Gasteiger partial charge in [0.1, 0.15) is 11.5 Å². The molecule has 0 unspecified atom stereocenters. The molecule has 18 heavy (non-hydrogen) atoms. The van der Waals surface area contributed by atoms with Crippen molar-refractivity contribution >= 4 is 28.3 Å². The molecule has 0 bridgehead atoms. The van der Waals surface area contributed by atoms with Crippen LogP contribution in [0.1, 0.15) is 0 Å². The predicted molar refractivity (Wildman–Crippen MR) is 76.6 cm³/mol. The molecule has 2 N–H and O–H groups in total. The first-order valence-electron chi connectivity index (χ1n) is 5.16. The van der Waals surface area contributed by atoms with Crippen molar-refractivity contribution in [1.82, 2.24) is 0 Å². The molecular formula is C13H11FINO2. The zero-order chi connectivity index (χ0) is 13.1. The molecular weight excluding hydrogens is 348 g/mol. The standard InChI is InChI=1S/C13H11FINO2/c1-17-13-7-12(10(14)6-11(13)16)18-9-4-2-8(15)3-5-9/h2-7H,16H2,1H3. The highest BCUT2D eigenvalue weighted by Gasteiger charge is 2.10. The number of nitrogens with two attached hydrogens (primary N) is 1. The van der Waals surface area contributed by atoms with Gasteiger partial charge in [0, 0.05) is 15.7 Å². The Morgan fingerprint density at radius 3 is 2.39 bits per heavy atom. The Bertz CT molecular complexity index is 558. The van der Waals surface area contributed by atoms with Gasteiger partial charge in [-0.25, -0.2) is 4.39 Å². The van der Waals surface area contributed by atoms with Gasteiger partial charge in [-0.3, -0.25) is 0 Å². The fourth-order valence-electron chi connectivity index (χ4n) is 1.43. The second-order valence-electron chi connectivity index (χ2n) is 3.58. The number of halogens is 2.